The van der Waals surface area contributed by atoms with Gasteiger partial charge in [0, 0.05) is 31.2 Å². The van der Waals surface area contributed by atoms with E-state index in [0.717, 1.165) is 17.7 Å². The van der Waals surface area contributed by atoms with Gasteiger partial charge in [0.05, 0.1) is 17.4 Å². The van der Waals surface area contributed by atoms with E-state index in [4.69, 9.17) is 0 Å². The van der Waals surface area contributed by atoms with E-state index in [2.05, 4.69) is 13.8 Å². The number of carbonyl (C=O) groups excluding carboxylic acids is 2. The highest BCUT2D eigenvalue weighted by Gasteiger charge is 2.41. The molecule has 1 aromatic carbocycles. The Balaban J connectivity index is 1.76. The first-order chi connectivity index (χ1) is 13.2. The van der Waals surface area contributed by atoms with Gasteiger partial charge < -0.3 is 9.80 Å². The lowest BCUT2D eigenvalue weighted by Gasteiger charge is -2.30. The van der Waals surface area contributed by atoms with Crippen LogP contribution >= 0.6 is 0 Å². The van der Waals surface area contributed by atoms with Gasteiger partial charge in [-0.3, -0.25) is 9.59 Å². The van der Waals surface area contributed by atoms with Crippen LogP contribution in [0.1, 0.15) is 51.5 Å². The summed E-state index contributed by atoms with van der Waals surface area (Å²) < 4.78 is 23.7. The number of sulfone groups is 1. The lowest BCUT2D eigenvalue weighted by molar-refractivity contribution is -0.137. The molecule has 0 bridgehead atoms. The molecule has 0 aromatic heterocycles. The Morgan fingerprint density at radius 3 is 2.68 bits per heavy atom. The normalized spacial score (nSPS) is 24.1. The Labute approximate surface area is 167 Å². The molecule has 2 unspecified atom stereocenters. The molecule has 6 nitrogen and oxygen atoms in total. The molecule has 2 amide bonds. The number of rotatable bonds is 6. The maximum absolute atomic E-state index is 13.2. The first-order valence-electron chi connectivity index (χ1n) is 10.1. The molecule has 0 saturated carbocycles. The first-order valence-corrected chi connectivity index (χ1v) is 11.9. The van der Waals surface area contributed by atoms with Crippen LogP contribution in [0.3, 0.4) is 0 Å². The quantitative estimate of drug-likeness (QED) is 0.728. The lowest BCUT2D eigenvalue weighted by Crippen LogP contribution is -2.45. The fraction of sp³-hybridized carbons (Fsp3) is 0.619. The summed E-state index contributed by atoms with van der Waals surface area (Å²) in [4.78, 5) is 29.2. The zero-order valence-electron chi connectivity index (χ0n) is 16.9. The number of hydrogen-bond donors (Lipinski definition) is 0. The van der Waals surface area contributed by atoms with Gasteiger partial charge in [0.25, 0.3) is 0 Å². The van der Waals surface area contributed by atoms with Crippen molar-refractivity contribution < 1.29 is 18.0 Å². The molecule has 0 aliphatic carbocycles. The van der Waals surface area contributed by atoms with E-state index in [1.165, 1.54) is 0 Å². The van der Waals surface area contributed by atoms with Gasteiger partial charge in [0.2, 0.25) is 11.8 Å². The smallest absolute Gasteiger partial charge is 0.228 e. The average Bonchev–Trinajstić information content (AvgIpc) is 3.21. The molecule has 0 N–H and O–H groups in total. The summed E-state index contributed by atoms with van der Waals surface area (Å²) >= 11 is 0. The molecule has 2 saturated heterocycles. The first kappa shape index (κ1) is 20.8. The number of amides is 2. The van der Waals surface area contributed by atoms with Crippen LogP contribution < -0.4 is 4.90 Å². The number of benzene rings is 1. The van der Waals surface area contributed by atoms with Crippen LogP contribution in [-0.4, -0.2) is 55.8 Å². The van der Waals surface area contributed by atoms with E-state index in [-0.39, 0.29) is 35.8 Å². The zero-order valence-corrected chi connectivity index (χ0v) is 17.7. The van der Waals surface area contributed by atoms with E-state index >= 15 is 0 Å². The van der Waals surface area contributed by atoms with E-state index in [1.807, 2.05) is 31.2 Å². The van der Waals surface area contributed by atoms with Crippen LogP contribution in [0.5, 0.6) is 0 Å². The van der Waals surface area contributed by atoms with Crippen LogP contribution in [-0.2, 0) is 19.4 Å². The van der Waals surface area contributed by atoms with Crippen molar-refractivity contribution in [2.45, 2.75) is 52.0 Å². The van der Waals surface area contributed by atoms with E-state index in [9.17, 15) is 18.0 Å². The van der Waals surface area contributed by atoms with E-state index in [1.54, 1.807) is 9.80 Å². The van der Waals surface area contributed by atoms with Gasteiger partial charge in [0.15, 0.2) is 9.84 Å². The Morgan fingerprint density at radius 1 is 1.32 bits per heavy atom. The Hall–Kier alpha value is -1.89. The molecule has 2 heterocycles. The minimum absolute atomic E-state index is 0.0412. The summed E-state index contributed by atoms with van der Waals surface area (Å²) in [7, 11) is -3.06. The second-order valence-corrected chi connectivity index (χ2v) is 10.5. The highest BCUT2D eigenvalue weighted by Crippen LogP contribution is 2.30. The molecule has 7 heteroatoms. The summed E-state index contributed by atoms with van der Waals surface area (Å²) in [6.07, 6.45) is 1.45. The van der Waals surface area contributed by atoms with Crippen molar-refractivity contribution in [2.24, 2.45) is 5.92 Å². The van der Waals surface area contributed by atoms with Gasteiger partial charge in [0.1, 0.15) is 0 Å². The molecule has 28 heavy (non-hydrogen) atoms. The second-order valence-electron chi connectivity index (χ2n) is 8.24. The van der Waals surface area contributed by atoms with Gasteiger partial charge >= 0.3 is 0 Å². The average molecular weight is 407 g/mol. The number of carbonyl (C=O) groups is 2. The molecule has 2 aliphatic rings. The lowest BCUT2D eigenvalue weighted by atomic mass is 10.0. The SMILES string of the molecule is CCCN(C(=O)C1CC(=O)N(c2cccc(C(C)C)c2)C1)C1CCS(=O)(=O)C1. The second kappa shape index (κ2) is 8.23. The van der Waals surface area contributed by atoms with Crippen LogP contribution in [0.15, 0.2) is 24.3 Å². The monoisotopic (exact) mass is 406 g/mol. The number of anilines is 1. The summed E-state index contributed by atoms with van der Waals surface area (Å²) in [6.45, 7) is 7.09. The van der Waals surface area contributed by atoms with Gasteiger partial charge in [-0.25, -0.2) is 8.42 Å². The van der Waals surface area contributed by atoms with Crippen molar-refractivity contribution in [1.82, 2.24) is 4.90 Å². The maximum Gasteiger partial charge on any atom is 0.228 e. The molecule has 2 aliphatic heterocycles. The topological polar surface area (TPSA) is 74.8 Å². The minimum atomic E-state index is -3.06. The highest BCUT2D eigenvalue weighted by atomic mass is 32.2. The van der Waals surface area contributed by atoms with Crippen LogP contribution in [0, 0.1) is 5.92 Å². The molecule has 1 aromatic rings. The number of nitrogens with zero attached hydrogens (tertiary/aromatic N) is 2. The molecule has 0 spiro atoms. The molecule has 2 fully saturated rings. The van der Waals surface area contributed by atoms with Crippen molar-refractivity contribution in [2.75, 3.05) is 29.5 Å². The Bertz CT molecular complexity index is 850. The molecule has 154 valence electrons. The van der Waals surface area contributed by atoms with Crippen LogP contribution in [0.2, 0.25) is 0 Å². The predicted octanol–water partition coefficient (Wildman–Crippen LogP) is 2.59. The third kappa shape index (κ3) is 4.40. The Morgan fingerprint density at radius 2 is 2.07 bits per heavy atom. The summed E-state index contributed by atoms with van der Waals surface area (Å²) in [5.74, 6) is 0.00155. The molecular weight excluding hydrogens is 376 g/mol. The fourth-order valence-electron chi connectivity index (χ4n) is 4.14. The highest BCUT2D eigenvalue weighted by molar-refractivity contribution is 7.91. The van der Waals surface area contributed by atoms with E-state index < -0.39 is 15.8 Å². The molecule has 2 atom stereocenters. The van der Waals surface area contributed by atoms with Gasteiger partial charge in [-0.2, -0.15) is 0 Å². The molecule has 3 rings (SSSR count). The van der Waals surface area contributed by atoms with Crippen LogP contribution in [0.25, 0.3) is 0 Å². The fourth-order valence-corrected chi connectivity index (χ4v) is 5.87. The third-order valence-corrected chi connectivity index (χ3v) is 7.47. The van der Waals surface area contributed by atoms with Crippen molar-refractivity contribution in [3.8, 4) is 0 Å². The van der Waals surface area contributed by atoms with E-state index in [0.29, 0.717) is 25.4 Å². The van der Waals surface area contributed by atoms with Crippen molar-refractivity contribution >= 4 is 27.3 Å². The van der Waals surface area contributed by atoms with Crippen molar-refractivity contribution in [3.63, 3.8) is 0 Å². The molecule has 0 radical (unpaired) electrons. The summed E-state index contributed by atoms with van der Waals surface area (Å²) in [5, 5.41) is 0. The Kier molecular flexibility index (Phi) is 6.12. The summed E-state index contributed by atoms with van der Waals surface area (Å²) in [6, 6.07) is 7.65. The summed E-state index contributed by atoms with van der Waals surface area (Å²) in [5.41, 5.74) is 1.99. The number of hydrogen-bond acceptors (Lipinski definition) is 4. The largest absolute Gasteiger partial charge is 0.338 e. The van der Waals surface area contributed by atoms with Gasteiger partial charge in [-0.05, 0) is 36.5 Å². The van der Waals surface area contributed by atoms with Crippen molar-refractivity contribution in [1.29, 1.82) is 0 Å². The minimum Gasteiger partial charge on any atom is -0.338 e. The zero-order chi connectivity index (χ0) is 20.5. The van der Waals surface area contributed by atoms with Gasteiger partial charge in [-0.1, -0.05) is 32.9 Å². The third-order valence-electron chi connectivity index (χ3n) is 5.72. The van der Waals surface area contributed by atoms with Crippen molar-refractivity contribution in [3.05, 3.63) is 29.8 Å². The maximum atomic E-state index is 13.2. The van der Waals surface area contributed by atoms with Crippen LogP contribution in [0.4, 0.5) is 5.69 Å². The predicted molar refractivity (Wildman–Crippen MR) is 110 cm³/mol. The standard InChI is InChI=1S/C21H30N2O4S/c1-4-9-22(19-8-10-28(26,27)14-19)21(25)17-12-20(24)23(13-17)18-7-5-6-16(11-18)15(2)3/h5-7,11,15,17,19H,4,8-10,12-14H2,1-3H3. The van der Waals surface area contributed by atoms with Gasteiger partial charge in [-0.15, -0.1) is 0 Å². The molecular formula is C21H30N2O4S.